The molecule has 0 saturated carbocycles. The fourth-order valence-corrected chi connectivity index (χ4v) is 1.24. The number of hydrogen-bond donors (Lipinski definition) is 2. The molecule has 0 bridgehead atoms. The van der Waals surface area contributed by atoms with Crippen LogP contribution in [0.4, 0.5) is 0 Å². The van der Waals surface area contributed by atoms with Crippen LogP contribution in [-0.4, -0.2) is 17.5 Å². The van der Waals surface area contributed by atoms with E-state index in [1.54, 1.807) is 12.1 Å². The molecule has 0 aliphatic rings. The van der Waals surface area contributed by atoms with E-state index < -0.39 is 0 Å². The van der Waals surface area contributed by atoms with Crippen LogP contribution in [0.5, 0.6) is 5.88 Å². The van der Waals surface area contributed by atoms with E-state index in [-0.39, 0.29) is 5.91 Å². The van der Waals surface area contributed by atoms with Crippen LogP contribution in [0.25, 0.3) is 0 Å². The lowest BCUT2D eigenvalue weighted by Gasteiger charge is -2.05. The van der Waals surface area contributed by atoms with Gasteiger partial charge in [-0.05, 0) is 12.5 Å². The third-order valence-corrected chi connectivity index (χ3v) is 2.13. The molecule has 16 heavy (non-hydrogen) atoms. The van der Waals surface area contributed by atoms with Crippen molar-refractivity contribution in [3.63, 3.8) is 0 Å². The predicted molar refractivity (Wildman–Crippen MR) is 60.9 cm³/mol. The standard InChI is InChI=1S/C11H17N3O2/c1-2-3-4-7-16-10-8-9(5-6-13-10)11(15)14-12/h5-6,8H,2-4,7,12H2,1H3,(H,14,15). The van der Waals surface area contributed by atoms with Crippen LogP contribution in [-0.2, 0) is 0 Å². The molecular formula is C11H17N3O2. The molecule has 5 heteroatoms. The van der Waals surface area contributed by atoms with Gasteiger partial charge < -0.3 is 4.74 Å². The highest BCUT2D eigenvalue weighted by atomic mass is 16.5. The number of hydrazine groups is 1. The van der Waals surface area contributed by atoms with Crippen LogP contribution in [0.1, 0.15) is 36.5 Å². The van der Waals surface area contributed by atoms with E-state index in [2.05, 4.69) is 17.3 Å². The third-order valence-electron chi connectivity index (χ3n) is 2.13. The molecule has 0 spiro atoms. The van der Waals surface area contributed by atoms with Crippen LogP contribution in [0.3, 0.4) is 0 Å². The lowest BCUT2D eigenvalue weighted by Crippen LogP contribution is -2.29. The quantitative estimate of drug-likeness (QED) is 0.329. The number of aromatic nitrogens is 1. The molecule has 1 rings (SSSR count). The first kappa shape index (κ1) is 12.4. The lowest BCUT2D eigenvalue weighted by molar-refractivity contribution is 0.0953. The maximum Gasteiger partial charge on any atom is 0.265 e. The number of nitrogens with two attached hydrogens (primary N) is 1. The fourth-order valence-electron chi connectivity index (χ4n) is 1.24. The van der Waals surface area contributed by atoms with Crippen molar-refractivity contribution >= 4 is 5.91 Å². The molecule has 1 aromatic heterocycles. The van der Waals surface area contributed by atoms with Crippen molar-refractivity contribution in [3.05, 3.63) is 23.9 Å². The first-order valence-corrected chi connectivity index (χ1v) is 5.37. The normalized spacial score (nSPS) is 9.88. The molecule has 0 aliphatic carbocycles. The Balaban J connectivity index is 2.50. The molecule has 1 heterocycles. The first-order chi connectivity index (χ1) is 7.77. The maximum atomic E-state index is 11.2. The van der Waals surface area contributed by atoms with Crippen LogP contribution < -0.4 is 16.0 Å². The van der Waals surface area contributed by atoms with Gasteiger partial charge in [-0.3, -0.25) is 10.2 Å². The number of ether oxygens (including phenoxy) is 1. The summed E-state index contributed by atoms with van der Waals surface area (Å²) >= 11 is 0. The number of nitrogens with one attached hydrogen (secondary N) is 1. The molecule has 0 saturated heterocycles. The third kappa shape index (κ3) is 3.86. The van der Waals surface area contributed by atoms with Crippen molar-refractivity contribution in [1.82, 2.24) is 10.4 Å². The van der Waals surface area contributed by atoms with Gasteiger partial charge in [-0.25, -0.2) is 10.8 Å². The van der Waals surface area contributed by atoms with Gasteiger partial charge >= 0.3 is 0 Å². The summed E-state index contributed by atoms with van der Waals surface area (Å²) in [5, 5.41) is 0. The fraction of sp³-hybridized carbons (Fsp3) is 0.455. The summed E-state index contributed by atoms with van der Waals surface area (Å²) in [6.07, 6.45) is 4.79. The molecular weight excluding hydrogens is 206 g/mol. The zero-order valence-electron chi connectivity index (χ0n) is 9.40. The van der Waals surface area contributed by atoms with Crippen LogP contribution in [0.2, 0.25) is 0 Å². The zero-order valence-corrected chi connectivity index (χ0v) is 9.40. The highest BCUT2D eigenvalue weighted by Gasteiger charge is 2.05. The molecule has 3 N–H and O–H groups in total. The lowest BCUT2D eigenvalue weighted by atomic mass is 10.2. The molecule has 1 amide bonds. The number of pyridine rings is 1. The van der Waals surface area contributed by atoms with Crippen LogP contribution in [0, 0.1) is 0 Å². The average Bonchev–Trinajstić information content (AvgIpc) is 2.34. The van der Waals surface area contributed by atoms with Gasteiger partial charge in [-0.2, -0.15) is 0 Å². The molecule has 0 atom stereocenters. The van der Waals surface area contributed by atoms with Crippen molar-refractivity contribution in [2.24, 2.45) is 5.84 Å². The topological polar surface area (TPSA) is 77.2 Å². The van der Waals surface area contributed by atoms with Gasteiger partial charge in [-0.15, -0.1) is 0 Å². The van der Waals surface area contributed by atoms with E-state index in [4.69, 9.17) is 10.6 Å². The van der Waals surface area contributed by atoms with E-state index in [1.165, 1.54) is 6.20 Å². The smallest absolute Gasteiger partial charge is 0.265 e. The van der Waals surface area contributed by atoms with E-state index in [0.29, 0.717) is 18.1 Å². The SMILES string of the molecule is CCCCCOc1cc(C(=O)NN)ccn1. The maximum absolute atomic E-state index is 11.2. The Bertz CT molecular complexity index is 342. The van der Waals surface area contributed by atoms with Crippen molar-refractivity contribution in [2.75, 3.05) is 6.61 Å². The highest BCUT2D eigenvalue weighted by Crippen LogP contribution is 2.09. The number of nitrogens with zero attached hydrogens (tertiary/aromatic N) is 1. The molecule has 0 aliphatic heterocycles. The predicted octanol–water partition coefficient (Wildman–Crippen LogP) is 1.25. The monoisotopic (exact) mass is 223 g/mol. The average molecular weight is 223 g/mol. The minimum Gasteiger partial charge on any atom is -0.478 e. The van der Waals surface area contributed by atoms with Gasteiger partial charge in [-0.1, -0.05) is 19.8 Å². The van der Waals surface area contributed by atoms with Crippen molar-refractivity contribution in [2.45, 2.75) is 26.2 Å². The van der Waals surface area contributed by atoms with Crippen molar-refractivity contribution < 1.29 is 9.53 Å². The summed E-state index contributed by atoms with van der Waals surface area (Å²) in [7, 11) is 0. The molecule has 5 nitrogen and oxygen atoms in total. The summed E-state index contributed by atoms with van der Waals surface area (Å²) in [4.78, 5) is 15.2. The highest BCUT2D eigenvalue weighted by molar-refractivity contribution is 5.93. The largest absolute Gasteiger partial charge is 0.478 e. The number of amides is 1. The molecule has 0 aromatic carbocycles. The van der Waals surface area contributed by atoms with Crippen LogP contribution in [0.15, 0.2) is 18.3 Å². The Morgan fingerprint density at radius 3 is 3.06 bits per heavy atom. The van der Waals surface area contributed by atoms with Crippen molar-refractivity contribution in [1.29, 1.82) is 0 Å². The van der Waals surface area contributed by atoms with Gasteiger partial charge in [0.2, 0.25) is 5.88 Å². The number of carbonyl (C=O) groups excluding carboxylic acids is 1. The number of unbranched alkanes of at least 4 members (excludes halogenated alkanes) is 2. The van der Waals surface area contributed by atoms with Crippen molar-refractivity contribution in [3.8, 4) is 5.88 Å². The van der Waals surface area contributed by atoms with Gasteiger partial charge in [0, 0.05) is 17.8 Å². The Labute approximate surface area is 95.0 Å². The Kier molecular flexibility index (Phi) is 5.28. The van der Waals surface area contributed by atoms with Crippen LogP contribution >= 0.6 is 0 Å². The summed E-state index contributed by atoms with van der Waals surface area (Å²) in [5.41, 5.74) is 2.51. The Morgan fingerprint density at radius 2 is 2.38 bits per heavy atom. The minimum absolute atomic E-state index is 0.346. The zero-order chi connectivity index (χ0) is 11.8. The Morgan fingerprint density at radius 1 is 1.56 bits per heavy atom. The number of rotatable bonds is 6. The molecule has 0 fully saturated rings. The van der Waals surface area contributed by atoms with Gasteiger partial charge in [0.05, 0.1) is 6.61 Å². The van der Waals surface area contributed by atoms with E-state index in [9.17, 15) is 4.79 Å². The van der Waals surface area contributed by atoms with Gasteiger partial charge in [0.15, 0.2) is 0 Å². The second-order valence-corrected chi connectivity index (χ2v) is 3.41. The first-order valence-electron chi connectivity index (χ1n) is 5.37. The molecule has 0 unspecified atom stereocenters. The molecule has 1 aromatic rings. The summed E-state index contributed by atoms with van der Waals surface area (Å²) in [5.74, 6) is 5.14. The number of nitrogen functional groups attached to an aromatic ring is 1. The van der Waals surface area contributed by atoms with E-state index in [1.807, 2.05) is 0 Å². The summed E-state index contributed by atoms with van der Waals surface area (Å²) in [6.45, 7) is 2.75. The minimum atomic E-state index is -0.346. The molecule has 0 radical (unpaired) electrons. The summed E-state index contributed by atoms with van der Waals surface area (Å²) in [6, 6.07) is 3.16. The Hall–Kier alpha value is -1.62. The van der Waals surface area contributed by atoms with E-state index >= 15 is 0 Å². The van der Waals surface area contributed by atoms with Gasteiger partial charge in [0.1, 0.15) is 0 Å². The molecule has 88 valence electrons. The number of hydrogen-bond acceptors (Lipinski definition) is 4. The summed E-state index contributed by atoms with van der Waals surface area (Å²) < 4.78 is 5.41. The second kappa shape index (κ2) is 6.79. The number of carbonyl (C=O) groups is 1. The second-order valence-electron chi connectivity index (χ2n) is 3.41. The van der Waals surface area contributed by atoms with Gasteiger partial charge in [0.25, 0.3) is 5.91 Å². The van der Waals surface area contributed by atoms with E-state index in [0.717, 1.165) is 19.3 Å².